The molecule has 1 aromatic rings. The molecule has 0 aliphatic heterocycles. The second kappa shape index (κ2) is 5.50. The first kappa shape index (κ1) is 11.7. The minimum absolute atomic E-state index is 0.136. The predicted octanol–water partition coefficient (Wildman–Crippen LogP) is 2.82. The number of nitro groups is 1. The summed E-state index contributed by atoms with van der Waals surface area (Å²) in [6.45, 7) is 2.55. The molecular weight excluding hydrogens is 220 g/mol. The number of hydrogen-bond acceptors (Lipinski definition) is 4. The molecule has 0 aromatic carbocycles. The molecule has 0 fully saturated rings. The van der Waals surface area contributed by atoms with E-state index in [-0.39, 0.29) is 16.6 Å². The minimum Gasteiger partial charge on any atom is -0.477 e. The van der Waals surface area contributed by atoms with Crippen LogP contribution >= 0.6 is 11.6 Å². The lowest BCUT2D eigenvalue weighted by molar-refractivity contribution is -0.385. The molecule has 0 atom stereocenters. The number of ether oxygens (including phenoxy) is 1. The van der Waals surface area contributed by atoms with Gasteiger partial charge in [0.2, 0.25) is 5.88 Å². The van der Waals surface area contributed by atoms with Crippen LogP contribution in [0.4, 0.5) is 5.69 Å². The zero-order valence-corrected chi connectivity index (χ0v) is 9.03. The highest BCUT2D eigenvalue weighted by Gasteiger charge is 2.11. The van der Waals surface area contributed by atoms with Crippen LogP contribution in [-0.2, 0) is 0 Å². The molecule has 1 aromatic heterocycles. The van der Waals surface area contributed by atoms with Gasteiger partial charge < -0.3 is 4.74 Å². The van der Waals surface area contributed by atoms with Crippen molar-refractivity contribution < 1.29 is 9.66 Å². The van der Waals surface area contributed by atoms with Gasteiger partial charge in [-0.15, -0.1) is 0 Å². The number of halogens is 1. The lowest BCUT2D eigenvalue weighted by Crippen LogP contribution is -1.99. The van der Waals surface area contributed by atoms with Crippen LogP contribution in [0.25, 0.3) is 0 Å². The first-order chi connectivity index (χ1) is 7.15. The maximum atomic E-state index is 10.4. The van der Waals surface area contributed by atoms with E-state index >= 15 is 0 Å². The molecule has 5 nitrogen and oxygen atoms in total. The van der Waals surface area contributed by atoms with Gasteiger partial charge in [-0.1, -0.05) is 24.9 Å². The third-order valence-corrected chi connectivity index (χ3v) is 2.01. The van der Waals surface area contributed by atoms with E-state index in [1.807, 2.05) is 6.92 Å². The van der Waals surface area contributed by atoms with Crippen LogP contribution in [0.3, 0.4) is 0 Å². The first-order valence-electron chi connectivity index (χ1n) is 4.58. The summed E-state index contributed by atoms with van der Waals surface area (Å²) in [5.74, 6) is 0.246. The predicted molar refractivity (Wildman–Crippen MR) is 56.3 cm³/mol. The molecule has 0 saturated carbocycles. The number of nitrogens with zero attached hydrogens (tertiary/aromatic N) is 2. The largest absolute Gasteiger partial charge is 0.477 e. The van der Waals surface area contributed by atoms with E-state index < -0.39 is 4.92 Å². The Bertz CT molecular complexity index is 357. The summed E-state index contributed by atoms with van der Waals surface area (Å²) < 4.78 is 5.25. The van der Waals surface area contributed by atoms with Crippen LogP contribution in [0.2, 0.25) is 5.02 Å². The zero-order chi connectivity index (χ0) is 11.3. The number of hydrogen-bond donors (Lipinski definition) is 0. The van der Waals surface area contributed by atoms with E-state index in [4.69, 9.17) is 16.3 Å². The van der Waals surface area contributed by atoms with Crippen LogP contribution in [0, 0.1) is 10.1 Å². The molecule has 0 aliphatic carbocycles. The summed E-state index contributed by atoms with van der Waals surface area (Å²) in [4.78, 5) is 13.6. The SMILES string of the molecule is CCCCOc1ncc([N+](=O)[O-])cc1Cl. The third-order valence-electron chi connectivity index (χ3n) is 1.74. The van der Waals surface area contributed by atoms with Crippen LogP contribution < -0.4 is 4.74 Å². The second-order valence-electron chi connectivity index (χ2n) is 2.94. The summed E-state index contributed by atoms with van der Waals surface area (Å²) in [7, 11) is 0. The van der Waals surface area contributed by atoms with Crippen molar-refractivity contribution in [3.8, 4) is 5.88 Å². The van der Waals surface area contributed by atoms with Gasteiger partial charge in [0.25, 0.3) is 5.69 Å². The normalized spacial score (nSPS) is 10.0. The first-order valence-corrected chi connectivity index (χ1v) is 4.95. The number of rotatable bonds is 5. The summed E-state index contributed by atoms with van der Waals surface area (Å²) in [5, 5.41) is 10.6. The van der Waals surface area contributed by atoms with E-state index in [0.717, 1.165) is 19.0 Å². The van der Waals surface area contributed by atoms with Gasteiger partial charge in [-0.2, -0.15) is 0 Å². The standard InChI is InChI=1S/C9H11ClN2O3/c1-2-3-4-15-9-8(10)5-7(6-11-9)12(13)14/h5-6H,2-4H2,1H3. The van der Waals surface area contributed by atoms with E-state index in [2.05, 4.69) is 4.98 Å². The van der Waals surface area contributed by atoms with Crippen molar-refractivity contribution in [3.63, 3.8) is 0 Å². The summed E-state index contributed by atoms with van der Waals surface area (Å²) in [6, 6.07) is 1.23. The molecule has 0 N–H and O–H groups in total. The summed E-state index contributed by atoms with van der Waals surface area (Å²) >= 11 is 5.76. The highest BCUT2D eigenvalue weighted by molar-refractivity contribution is 6.32. The zero-order valence-electron chi connectivity index (χ0n) is 8.27. The Morgan fingerprint density at radius 1 is 1.67 bits per heavy atom. The molecule has 0 bridgehead atoms. The topological polar surface area (TPSA) is 65.3 Å². The molecule has 1 heterocycles. The summed E-state index contributed by atoms with van der Waals surface area (Å²) in [5.41, 5.74) is -0.136. The fourth-order valence-electron chi connectivity index (χ4n) is 0.935. The van der Waals surface area contributed by atoms with Crippen molar-refractivity contribution in [2.24, 2.45) is 0 Å². The molecule has 0 unspecified atom stereocenters. The molecule has 0 radical (unpaired) electrons. The van der Waals surface area contributed by atoms with E-state index in [1.54, 1.807) is 0 Å². The fraction of sp³-hybridized carbons (Fsp3) is 0.444. The Balaban J connectivity index is 2.70. The Hall–Kier alpha value is -1.36. The maximum absolute atomic E-state index is 10.4. The Morgan fingerprint density at radius 3 is 2.93 bits per heavy atom. The van der Waals surface area contributed by atoms with Gasteiger partial charge in [-0.3, -0.25) is 10.1 Å². The second-order valence-corrected chi connectivity index (χ2v) is 3.35. The van der Waals surface area contributed by atoms with Gasteiger partial charge in [-0.05, 0) is 6.42 Å². The van der Waals surface area contributed by atoms with Crippen LogP contribution in [0.5, 0.6) is 5.88 Å². The average molecular weight is 231 g/mol. The highest BCUT2D eigenvalue weighted by atomic mass is 35.5. The van der Waals surface area contributed by atoms with Crippen molar-refractivity contribution in [3.05, 3.63) is 27.4 Å². The van der Waals surface area contributed by atoms with E-state index in [0.29, 0.717) is 6.61 Å². The van der Waals surface area contributed by atoms with E-state index in [9.17, 15) is 10.1 Å². The van der Waals surface area contributed by atoms with Gasteiger partial charge in [0.1, 0.15) is 11.2 Å². The van der Waals surface area contributed by atoms with Crippen molar-refractivity contribution >= 4 is 17.3 Å². The Labute approximate surface area is 92.2 Å². The van der Waals surface area contributed by atoms with Crippen molar-refractivity contribution in [2.75, 3.05) is 6.61 Å². The molecule has 15 heavy (non-hydrogen) atoms. The molecule has 0 spiro atoms. The van der Waals surface area contributed by atoms with Crippen LogP contribution in [0.1, 0.15) is 19.8 Å². The average Bonchev–Trinajstić information content (AvgIpc) is 2.20. The molecule has 82 valence electrons. The summed E-state index contributed by atoms with van der Waals surface area (Å²) in [6.07, 6.45) is 3.03. The van der Waals surface area contributed by atoms with E-state index in [1.165, 1.54) is 6.07 Å². The van der Waals surface area contributed by atoms with Crippen molar-refractivity contribution in [2.45, 2.75) is 19.8 Å². The van der Waals surface area contributed by atoms with Crippen molar-refractivity contribution in [1.29, 1.82) is 0 Å². The molecule has 0 amide bonds. The Kier molecular flexibility index (Phi) is 4.30. The third kappa shape index (κ3) is 3.36. The van der Waals surface area contributed by atoms with Crippen LogP contribution in [-0.4, -0.2) is 16.5 Å². The van der Waals surface area contributed by atoms with Gasteiger partial charge in [0, 0.05) is 6.07 Å². The van der Waals surface area contributed by atoms with Crippen LogP contribution in [0.15, 0.2) is 12.3 Å². The Morgan fingerprint density at radius 2 is 2.40 bits per heavy atom. The smallest absolute Gasteiger partial charge is 0.289 e. The molecular formula is C9H11ClN2O3. The molecule has 1 rings (SSSR count). The molecule has 6 heteroatoms. The monoisotopic (exact) mass is 230 g/mol. The van der Waals surface area contributed by atoms with Gasteiger partial charge in [0.15, 0.2) is 0 Å². The number of aromatic nitrogens is 1. The fourth-order valence-corrected chi connectivity index (χ4v) is 1.15. The number of pyridine rings is 1. The van der Waals surface area contributed by atoms with Gasteiger partial charge >= 0.3 is 0 Å². The number of unbranched alkanes of at least 4 members (excludes halogenated alkanes) is 1. The lowest BCUT2D eigenvalue weighted by Gasteiger charge is -2.04. The van der Waals surface area contributed by atoms with Gasteiger partial charge in [0.05, 0.1) is 11.5 Å². The van der Waals surface area contributed by atoms with Crippen molar-refractivity contribution in [1.82, 2.24) is 4.98 Å². The lowest BCUT2D eigenvalue weighted by atomic mass is 10.4. The minimum atomic E-state index is -0.547. The highest BCUT2D eigenvalue weighted by Crippen LogP contribution is 2.25. The molecule has 0 aliphatic rings. The van der Waals surface area contributed by atoms with Gasteiger partial charge in [-0.25, -0.2) is 4.98 Å². The molecule has 0 saturated heterocycles. The quantitative estimate of drug-likeness (QED) is 0.443. The maximum Gasteiger partial charge on any atom is 0.289 e.